The summed E-state index contributed by atoms with van der Waals surface area (Å²) in [5, 5.41) is 3.39. The fourth-order valence-corrected chi connectivity index (χ4v) is 1.62. The molecule has 19 heavy (non-hydrogen) atoms. The van der Waals surface area contributed by atoms with E-state index in [2.05, 4.69) is 5.10 Å². The number of halogens is 3. The van der Waals surface area contributed by atoms with Crippen molar-refractivity contribution in [3.8, 4) is 0 Å². The molecule has 0 saturated carbocycles. The van der Waals surface area contributed by atoms with E-state index in [0.29, 0.717) is 5.56 Å². The number of rotatable bonds is 4. The van der Waals surface area contributed by atoms with Gasteiger partial charge in [0, 0.05) is 24.7 Å². The SMILES string of the molecule is O=C(CCn1ccc(C(F)(F)F)n1)c1ccccc1. The van der Waals surface area contributed by atoms with E-state index < -0.39 is 11.9 Å². The highest BCUT2D eigenvalue weighted by molar-refractivity contribution is 5.95. The summed E-state index contributed by atoms with van der Waals surface area (Å²) in [7, 11) is 0. The van der Waals surface area contributed by atoms with E-state index in [4.69, 9.17) is 0 Å². The first-order chi connectivity index (χ1) is 8.97. The topological polar surface area (TPSA) is 34.9 Å². The molecule has 0 spiro atoms. The van der Waals surface area contributed by atoms with Crippen LogP contribution in [-0.2, 0) is 12.7 Å². The van der Waals surface area contributed by atoms with Gasteiger partial charge in [-0.1, -0.05) is 30.3 Å². The lowest BCUT2D eigenvalue weighted by molar-refractivity contribution is -0.141. The maximum atomic E-state index is 12.3. The van der Waals surface area contributed by atoms with Crippen molar-refractivity contribution in [2.75, 3.05) is 0 Å². The quantitative estimate of drug-likeness (QED) is 0.798. The number of hydrogen-bond acceptors (Lipinski definition) is 2. The number of aryl methyl sites for hydroxylation is 1. The van der Waals surface area contributed by atoms with Gasteiger partial charge in [0.05, 0.1) is 0 Å². The fraction of sp³-hybridized carbons (Fsp3) is 0.231. The zero-order valence-corrected chi connectivity index (χ0v) is 9.89. The van der Waals surface area contributed by atoms with E-state index in [1.807, 2.05) is 0 Å². The van der Waals surface area contributed by atoms with E-state index in [1.165, 1.54) is 6.20 Å². The molecule has 2 aromatic rings. The second kappa shape index (κ2) is 5.26. The lowest BCUT2D eigenvalue weighted by Crippen LogP contribution is -2.10. The van der Waals surface area contributed by atoms with Gasteiger partial charge < -0.3 is 0 Å². The molecule has 0 amide bonds. The van der Waals surface area contributed by atoms with E-state index in [-0.39, 0.29) is 18.7 Å². The highest BCUT2D eigenvalue weighted by Gasteiger charge is 2.33. The van der Waals surface area contributed by atoms with Crippen molar-refractivity contribution < 1.29 is 18.0 Å². The summed E-state index contributed by atoms with van der Waals surface area (Å²) in [4.78, 5) is 11.8. The van der Waals surface area contributed by atoms with Crippen molar-refractivity contribution in [2.24, 2.45) is 0 Å². The summed E-state index contributed by atoms with van der Waals surface area (Å²) >= 11 is 0. The van der Waals surface area contributed by atoms with Gasteiger partial charge in [0.25, 0.3) is 0 Å². The van der Waals surface area contributed by atoms with Crippen LogP contribution in [0.5, 0.6) is 0 Å². The molecule has 0 bridgehead atoms. The Labute approximate surface area is 107 Å². The second-order valence-corrected chi connectivity index (χ2v) is 4.00. The number of Topliss-reactive ketones (excluding diaryl/α,β-unsaturated/α-hetero) is 1. The number of alkyl halides is 3. The van der Waals surface area contributed by atoms with Crippen molar-refractivity contribution in [1.82, 2.24) is 9.78 Å². The van der Waals surface area contributed by atoms with Gasteiger partial charge in [-0.05, 0) is 6.07 Å². The Morgan fingerprint density at radius 3 is 2.42 bits per heavy atom. The van der Waals surface area contributed by atoms with Crippen LogP contribution in [0.15, 0.2) is 42.6 Å². The molecule has 0 saturated heterocycles. The minimum Gasteiger partial charge on any atom is -0.294 e. The third-order valence-electron chi connectivity index (χ3n) is 2.59. The van der Waals surface area contributed by atoms with Gasteiger partial charge >= 0.3 is 6.18 Å². The predicted octanol–water partition coefficient (Wildman–Crippen LogP) is 3.17. The Kier molecular flexibility index (Phi) is 3.69. The standard InChI is InChI=1S/C13H11F3N2O/c14-13(15,16)12-7-9-18(17-12)8-6-11(19)10-4-2-1-3-5-10/h1-5,7,9H,6,8H2. The molecule has 1 aromatic heterocycles. The molecule has 3 nitrogen and oxygen atoms in total. The molecule has 6 heteroatoms. The molecule has 100 valence electrons. The first-order valence-electron chi connectivity index (χ1n) is 5.66. The maximum Gasteiger partial charge on any atom is 0.435 e. The monoisotopic (exact) mass is 268 g/mol. The number of aromatic nitrogens is 2. The van der Waals surface area contributed by atoms with Gasteiger partial charge in [-0.25, -0.2) is 0 Å². The Morgan fingerprint density at radius 2 is 1.84 bits per heavy atom. The molecular formula is C13H11F3N2O. The van der Waals surface area contributed by atoms with Crippen molar-refractivity contribution >= 4 is 5.78 Å². The van der Waals surface area contributed by atoms with Gasteiger partial charge in [0.2, 0.25) is 0 Å². The first-order valence-corrected chi connectivity index (χ1v) is 5.66. The molecule has 0 unspecified atom stereocenters. The minimum absolute atomic E-state index is 0.114. The van der Waals surface area contributed by atoms with E-state index in [9.17, 15) is 18.0 Å². The van der Waals surface area contributed by atoms with Crippen LogP contribution < -0.4 is 0 Å². The molecule has 0 atom stereocenters. The van der Waals surface area contributed by atoms with Crippen LogP contribution in [-0.4, -0.2) is 15.6 Å². The van der Waals surface area contributed by atoms with Crippen molar-refractivity contribution in [3.63, 3.8) is 0 Å². The molecule has 0 aliphatic rings. The van der Waals surface area contributed by atoms with E-state index in [0.717, 1.165) is 10.7 Å². The van der Waals surface area contributed by atoms with Gasteiger partial charge in [0.15, 0.2) is 11.5 Å². The molecule has 1 heterocycles. The van der Waals surface area contributed by atoms with Gasteiger partial charge in [0.1, 0.15) is 0 Å². The summed E-state index contributed by atoms with van der Waals surface area (Å²) in [6.07, 6.45) is -3.11. The number of carbonyl (C=O) groups excluding carboxylic acids is 1. The Hall–Kier alpha value is -2.11. The van der Waals surface area contributed by atoms with Crippen molar-refractivity contribution in [1.29, 1.82) is 0 Å². The fourth-order valence-electron chi connectivity index (χ4n) is 1.62. The maximum absolute atomic E-state index is 12.3. The normalized spacial score (nSPS) is 11.5. The van der Waals surface area contributed by atoms with Crippen LogP contribution in [0.4, 0.5) is 13.2 Å². The van der Waals surface area contributed by atoms with Crippen LogP contribution in [0, 0.1) is 0 Å². The van der Waals surface area contributed by atoms with Gasteiger partial charge in [-0.2, -0.15) is 18.3 Å². The predicted molar refractivity (Wildman–Crippen MR) is 62.6 cm³/mol. The molecular weight excluding hydrogens is 257 g/mol. The summed E-state index contributed by atoms with van der Waals surface area (Å²) in [6, 6.07) is 9.51. The zero-order valence-electron chi connectivity index (χ0n) is 9.89. The lowest BCUT2D eigenvalue weighted by atomic mass is 10.1. The van der Waals surface area contributed by atoms with Crippen LogP contribution in [0.2, 0.25) is 0 Å². The molecule has 0 aliphatic carbocycles. The second-order valence-electron chi connectivity index (χ2n) is 4.00. The van der Waals surface area contributed by atoms with E-state index >= 15 is 0 Å². The van der Waals surface area contributed by atoms with Gasteiger partial charge in [-0.3, -0.25) is 9.48 Å². The van der Waals surface area contributed by atoms with Crippen LogP contribution in [0.3, 0.4) is 0 Å². The molecule has 0 aliphatic heterocycles. The summed E-state index contributed by atoms with van der Waals surface area (Å²) < 4.78 is 38.1. The van der Waals surface area contributed by atoms with Crippen molar-refractivity contribution in [3.05, 3.63) is 53.9 Å². The molecule has 0 radical (unpaired) electrons. The minimum atomic E-state index is -4.45. The Morgan fingerprint density at radius 1 is 1.16 bits per heavy atom. The average Bonchev–Trinajstić information content (AvgIpc) is 2.86. The number of benzene rings is 1. The van der Waals surface area contributed by atoms with Crippen molar-refractivity contribution in [2.45, 2.75) is 19.1 Å². The molecule has 2 rings (SSSR count). The largest absolute Gasteiger partial charge is 0.435 e. The molecule has 0 N–H and O–H groups in total. The van der Waals surface area contributed by atoms with Crippen LogP contribution in [0.1, 0.15) is 22.5 Å². The highest BCUT2D eigenvalue weighted by atomic mass is 19.4. The summed E-state index contributed by atoms with van der Waals surface area (Å²) in [6.45, 7) is 0.129. The summed E-state index contributed by atoms with van der Waals surface area (Å²) in [5.41, 5.74) is -0.398. The zero-order chi connectivity index (χ0) is 13.9. The first kappa shape index (κ1) is 13.3. The lowest BCUT2D eigenvalue weighted by Gasteiger charge is -2.03. The summed E-state index contributed by atoms with van der Waals surface area (Å²) in [5.74, 6) is -0.121. The van der Waals surface area contributed by atoms with Crippen LogP contribution >= 0.6 is 0 Å². The number of ketones is 1. The number of hydrogen-bond donors (Lipinski definition) is 0. The number of carbonyl (C=O) groups is 1. The Balaban J connectivity index is 1.96. The average molecular weight is 268 g/mol. The van der Waals surface area contributed by atoms with Crippen LogP contribution in [0.25, 0.3) is 0 Å². The Bertz CT molecular complexity index is 561. The van der Waals surface area contributed by atoms with Gasteiger partial charge in [-0.15, -0.1) is 0 Å². The highest BCUT2D eigenvalue weighted by Crippen LogP contribution is 2.27. The third-order valence-corrected chi connectivity index (χ3v) is 2.59. The third kappa shape index (κ3) is 3.43. The smallest absolute Gasteiger partial charge is 0.294 e. The molecule has 0 fully saturated rings. The van der Waals surface area contributed by atoms with E-state index in [1.54, 1.807) is 30.3 Å². The number of nitrogens with zero attached hydrogens (tertiary/aromatic N) is 2. The molecule has 1 aromatic carbocycles.